The zero-order valence-corrected chi connectivity index (χ0v) is 16.6. The Bertz CT molecular complexity index is 1280. The van der Waals surface area contributed by atoms with E-state index in [-0.39, 0.29) is 0 Å². The SMILES string of the molecule is Cc1nc2ccccc2n1C1CN(c2nc3c(S(C)(=O)=O)cccc3s2)C1. The molecule has 0 saturated carbocycles. The molecule has 6 nitrogen and oxygen atoms in total. The fourth-order valence-electron chi connectivity index (χ4n) is 3.75. The third-order valence-electron chi connectivity index (χ3n) is 5.04. The number of fused-ring (bicyclic) bond motifs is 2. The Balaban J connectivity index is 1.46. The molecule has 4 aromatic rings. The molecule has 2 aromatic heterocycles. The van der Waals surface area contributed by atoms with E-state index in [2.05, 4.69) is 25.5 Å². The minimum absolute atomic E-state index is 0.302. The van der Waals surface area contributed by atoms with Crippen molar-refractivity contribution in [2.45, 2.75) is 17.9 Å². The van der Waals surface area contributed by atoms with Gasteiger partial charge in [-0.05, 0) is 31.2 Å². The lowest BCUT2D eigenvalue weighted by atomic mass is 10.1. The maximum absolute atomic E-state index is 12.0. The van der Waals surface area contributed by atoms with Crippen LogP contribution in [-0.4, -0.2) is 42.3 Å². The number of aromatic nitrogens is 3. The third-order valence-corrected chi connectivity index (χ3v) is 7.25. The highest BCUT2D eigenvalue weighted by Crippen LogP contribution is 2.37. The highest BCUT2D eigenvalue weighted by Gasteiger charge is 2.32. The molecule has 1 aliphatic heterocycles. The summed E-state index contributed by atoms with van der Waals surface area (Å²) < 4.78 is 27.2. The highest BCUT2D eigenvalue weighted by molar-refractivity contribution is 7.91. The van der Waals surface area contributed by atoms with Crippen LogP contribution in [0.25, 0.3) is 21.3 Å². The second-order valence-electron chi connectivity index (χ2n) is 6.95. The molecule has 5 rings (SSSR count). The van der Waals surface area contributed by atoms with Gasteiger partial charge in [-0.25, -0.2) is 18.4 Å². The summed E-state index contributed by atoms with van der Waals surface area (Å²) in [5.74, 6) is 1.02. The third kappa shape index (κ3) is 2.62. The van der Waals surface area contributed by atoms with E-state index in [1.54, 1.807) is 23.5 Å². The van der Waals surface area contributed by atoms with E-state index < -0.39 is 9.84 Å². The lowest BCUT2D eigenvalue weighted by Crippen LogP contribution is -2.48. The number of hydrogen-bond donors (Lipinski definition) is 0. The minimum atomic E-state index is -3.29. The van der Waals surface area contributed by atoms with E-state index in [0.29, 0.717) is 16.5 Å². The molecule has 0 N–H and O–H groups in total. The minimum Gasteiger partial charge on any atom is -0.344 e. The number of rotatable bonds is 3. The molecule has 0 amide bonds. The second-order valence-corrected chi connectivity index (χ2v) is 9.94. The standard InChI is InChI=1S/C19H18N4O2S2/c1-12-20-14-6-3-4-7-15(14)23(12)13-10-22(11-13)19-21-18-16(26-19)8-5-9-17(18)27(2,24)25/h3-9,13H,10-11H2,1-2H3. The topological polar surface area (TPSA) is 68.1 Å². The van der Waals surface area contributed by atoms with Crippen LogP contribution in [0.2, 0.25) is 0 Å². The summed E-state index contributed by atoms with van der Waals surface area (Å²) in [5, 5.41) is 0.874. The van der Waals surface area contributed by atoms with E-state index in [4.69, 9.17) is 0 Å². The van der Waals surface area contributed by atoms with Crippen molar-refractivity contribution in [1.29, 1.82) is 0 Å². The van der Waals surface area contributed by atoms with E-state index >= 15 is 0 Å². The number of aryl methyl sites for hydroxylation is 1. The Labute approximate surface area is 161 Å². The number of thiazole rings is 1. The first-order valence-electron chi connectivity index (χ1n) is 8.70. The van der Waals surface area contributed by atoms with E-state index in [0.717, 1.165) is 39.8 Å². The van der Waals surface area contributed by atoms with Gasteiger partial charge in [0.2, 0.25) is 0 Å². The van der Waals surface area contributed by atoms with E-state index in [1.807, 2.05) is 31.2 Å². The molecule has 0 radical (unpaired) electrons. The van der Waals surface area contributed by atoms with Gasteiger partial charge in [0.05, 0.1) is 26.7 Å². The molecule has 1 saturated heterocycles. The van der Waals surface area contributed by atoms with Crippen LogP contribution in [0.3, 0.4) is 0 Å². The average Bonchev–Trinajstić information content (AvgIpc) is 3.13. The number of para-hydroxylation sites is 3. The first kappa shape index (κ1) is 16.7. The van der Waals surface area contributed by atoms with Gasteiger partial charge in [-0.1, -0.05) is 29.5 Å². The maximum atomic E-state index is 12.0. The summed E-state index contributed by atoms with van der Waals surface area (Å²) in [7, 11) is -3.29. The van der Waals surface area contributed by atoms with Crippen molar-refractivity contribution in [2.75, 3.05) is 24.2 Å². The number of sulfone groups is 1. The normalized spacial score (nSPS) is 15.6. The Morgan fingerprint density at radius 2 is 1.85 bits per heavy atom. The van der Waals surface area contributed by atoms with Gasteiger partial charge in [-0.2, -0.15) is 0 Å². The Morgan fingerprint density at radius 3 is 2.63 bits per heavy atom. The van der Waals surface area contributed by atoms with Crippen molar-refractivity contribution >= 4 is 47.6 Å². The van der Waals surface area contributed by atoms with Crippen LogP contribution >= 0.6 is 11.3 Å². The zero-order chi connectivity index (χ0) is 18.8. The average molecular weight is 399 g/mol. The van der Waals surface area contributed by atoms with Crippen LogP contribution in [-0.2, 0) is 9.84 Å². The molecule has 0 atom stereocenters. The molecule has 8 heteroatoms. The number of hydrogen-bond acceptors (Lipinski definition) is 6. The van der Waals surface area contributed by atoms with Crippen molar-refractivity contribution in [3.63, 3.8) is 0 Å². The summed E-state index contributed by atoms with van der Waals surface area (Å²) in [4.78, 5) is 11.8. The van der Waals surface area contributed by atoms with Gasteiger partial charge in [-0.15, -0.1) is 0 Å². The van der Waals surface area contributed by atoms with Gasteiger partial charge >= 0.3 is 0 Å². The summed E-state index contributed by atoms with van der Waals surface area (Å²) in [6, 6.07) is 13.9. The van der Waals surface area contributed by atoms with Gasteiger partial charge in [0, 0.05) is 19.3 Å². The van der Waals surface area contributed by atoms with Crippen molar-refractivity contribution in [3.05, 3.63) is 48.3 Å². The molecule has 0 spiro atoms. The number of benzene rings is 2. The lowest BCUT2D eigenvalue weighted by Gasteiger charge is -2.40. The predicted octanol–water partition coefficient (Wildman–Crippen LogP) is 3.42. The molecule has 0 bridgehead atoms. The Morgan fingerprint density at radius 1 is 1.07 bits per heavy atom. The summed E-state index contributed by atoms with van der Waals surface area (Å²) in [6.45, 7) is 3.73. The van der Waals surface area contributed by atoms with Crippen LogP contribution in [0.4, 0.5) is 5.13 Å². The number of imidazole rings is 1. The maximum Gasteiger partial charge on any atom is 0.186 e. The summed E-state index contributed by atoms with van der Waals surface area (Å²) in [5.41, 5.74) is 2.75. The van der Waals surface area contributed by atoms with Crippen LogP contribution < -0.4 is 4.90 Å². The van der Waals surface area contributed by atoms with E-state index in [1.165, 1.54) is 6.26 Å². The van der Waals surface area contributed by atoms with Gasteiger partial charge < -0.3 is 9.47 Å². The Kier molecular flexibility index (Phi) is 3.57. The quantitative estimate of drug-likeness (QED) is 0.529. The monoisotopic (exact) mass is 398 g/mol. The summed E-state index contributed by atoms with van der Waals surface area (Å²) in [6.07, 6.45) is 1.23. The number of anilines is 1. The molecular formula is C19H18N4O2S2. The van der Waals surface area contributed by atoms with Crippen LogP contribution in [0.1, 0.15) is 11.9 Å². The van der Waals surface area contributed by atoms with Crippen molar-refractivity contribution in [3.8, 4) is 0 Å². The van der Waals surface area contributed by atoms with Gasteiger partial charge in [0.15, 0.2) is 15.0 Å². The first-order valence-corrected chi connectivity index (χ1v) is 11.4. The lowest BCUT2D eigenvalue weighted by molar-refractivity contribution is 0.401. The molecular weight excluding hydrogens is 380 g/mol. The second kappa shape index (κ2) is 5.77. The van der Waals surface area contributed by atoms with Crippen LogP contribution in [0, 0.1) is 6.92 Å². The molecule has 3 heterocycles. The van der Waals surface area contributed by atoms with Crippen LogP contribution in [0.15, 0.2) is 47.4 Å². The largest absolute Gasteiger partial charge is 0.344 e. The van der Waals surface area contributed by atoms with Crippen molar-refractivity contribution in [1.82, 2.24) is 14.5 Å². The smallest absolute Gasteiger partial charge is 0.186 e. The molecule has 138 valence electrons. The molecule has 1 aliphatic rings. The van der Waals surface area contributed by atoms with Gasteiger partial charge in [0.1, 0.15) is 11.3 Å². The first-order chi connectivity index (χ1) is 12.9. The molecule has 0 aliphatic carbocycles. The summed E-state index contributed by atoms with van der Waals surface area (Å²) >= 11 is 1.54. The fraction of sp³-hybridized carbons (Fsp3) is 0.263. The fourth-order valence-corrected chi connectivity index (χ4v) is 5.65. The predicted molar refractivity (Wildman–Crippen MR) is 108 cm³/mol. The van der Waals surface area contributed by atoms with Crippen LogP contribution in [0.5, 0.6) is 0 Å². The molecule has 2 aromatic carbocycles. The zero-order valence-electron chi connectivity index (χ0n) is 15.0. The van der Waals surface area contributed by atoms with Crippen molar-refractivity contribution < 1.29 is 8.42 Å². The highest BCUT2D eigenvalue weighted by atomic mass is 32.2. The number of nitrogens with zero attached hydrogens (tertiary/aromatic N) is 4. The van der Waals surface area contributed by atoms with E-state index in [9.17, 15) is 8.42 Å². The molecule has 1 fully saturated rings. The van der Waals surface area contributed by atoms with Crippen molar-refractivity contribution in [2.24, 2.45) is 0 Å². The Hall–Kier alpha value is -2.45. The molecule has 0 unspecified atom stereocenters. The molecule has 27 heavy (non-hydrogen) atoms. The van der Waals surface area contributed by atoms with Gasteiger partial charge in [-0.3, -0.25) is 0 Å². The van der Waals surface area contributed by atoms with Gasteiger partial charge in [0.25, 0.3) is 0 Å².